The zero-order chi connectivity index (χ0) is 30.2. The standard InChI is InChI=1S/C36H40N2O5/c1-38-19-16-29(17-20-38)43-32-13-11-25(33(24-32)26-7-5-9-30(21-26)40-2)15-18-37-36(39)28-12-14-35(42-4)34(23-28)27-8-6-10-31(22-27)41-3/h5-14,21-24,29H,15-20H2,1-4H3,(H,37,39). The van der Waals surface area contributed by atoms with Gasteiger partial charge in [0.05, 0.1) is 21.3 Å². The molecule has 1 saturated heterocycles. The first-order valence-electron chi connectivity index (χ1n) is 14.7. The first-order chi connectivity index (χ1) is 21.0. The predicted octanol–water partition coefficient (Wildman–Crippen LogP) is 6.49. The van der Waals surface area contributed by atoms with Crippen LogP contribution in [0.1, 0.15) is 28.8 Å². The fourth-order valence-corrected chi connectivity index (χ4v) is 5.48. The summed E-state index contributed by atoms with van der Waals surface area (Å²) >= 11 is 0. The molecule has 4 aromatic carbocycles. The lowest BCUT2D eigenvalue weighted by atomic mass is 9.96. The zero-order valence-electron chi connectivity index (χ0n) is 25.4. The van der Waals surface area contributed by atoms with Gasteiger partial charge >= 0.3 is 0 Å². The summed E-state index contributed by atoms with van der Waals surface area (Å²) < 4.78 is 22.9. The third-order valence-electron chi connectivity index (χ3n) is 7.95. The van der Waals surface area contributed by atoms with Gasteiger partial charge in [0, 0.05) is 30.8 Å². The molecule has 4 aromatic rings. The number of hydrogen-bond donors (Lipinski definition) is 1. The second-order valence-corrected chi connectivity index (χ2v) is 10.8. The van der Waals surface area contributed by atoms with E-state index in [2.05, 4.69) is 35.5 Å². The largest absolute Gasteiger partial charge is 0.497 e. The Hall–Kier alpha value is -4.49. The molecule has 7 nitrogen and oxygen atoms in total. The van der Waals surface area contributed by atoms with E-state index in [1.165, 1.54) is 0 Å². The van der Waals surface area contributed by atoms with Crippen LogP contribution >= 0.6 is 0 Å². The lowest BCUT2D eigenvalue weighted by Gasteiger charge is -2.29. The number of carbonyl (C=O) groups is 1. The molecule has 0 radical (unpaired) electrons. The topological polar surface area (TPSA) is 69.3 Å². The Morgan fingerprint density at radius 1 is 0.767 bits per heavy atom. The molecular formula is C36H40N2O5. The van der Waals surface area contributed by atoms with E-state index < -0.39 is 0 Å². The van der Waals surface area contributed by atoms with Gasteiger partial charge < -0.3 is 29.2 Å². The van der Waals surface area contributed by atoms with Crippen LogP contribution in [0.15, 0.2) is 84.9 Å². The highest BCUT2D eigenvalue weighted by molar-refractivity contribution is 5.96. The first-order valence-corrected chi connectivity index (χ1v) is 14.7. The minimum atomic E-state index is -0.142. The van der Waals surface area contributed by atoms with Crippen LogP contribution in [0.25, 0.3) is 22.3 Å². The Bertz CT molecular complexity index is 1540. The fourth-order valence-electron chi connectivity index (χ4n) is 5.48. The predicted molar refractivity (Wildman–Crippen MR) is 171 cm³/mol. The maximum Gasteiger partial charge on any atom is 0.251 e. The maximum atomic E-state index is 13.3. The molecule has 1 amide bonds. The summed E-state index contributed by atoms with van der Waals surface area (Å²) in [6.07, 6.45) is 2.91. The summed E-state index contributed by atoms with van der Waals surface area (Å²) in [5, 5.41) is 3.11. The molecule has 1 aliphatic heterocycles. The average molecular weight is 581 g/mol. The van der Waals surface area contributed by atoms with Crippen molar-refractivity contribution in [3.05, 3.63) is 96.1 Å². The molecule has 0 aromatic heterocycles. The van der Waals surface area contributed by atoms with Crippen molar-refractivity contribution in [3.63, 3.8) is 0 Å². The van der Waals surface area contributed by atoms with Gasteiger partial charge in [-0.3, -0.25) is 4.79 Å². The van der Waals surface area contributed by atoms with Gasteiger partial charge in [-0.1, -0.05) is 30.3 Å². The van der Waals surface area contributed by atoms with E-state index >= 15 is 0 Å². The lowest BCUT2D eigenvalue weighted by Crippen LogP contribution is -2.35. The second-order valence-electron chi connectivity index (χ2n) is 10.8. The summed E-state index contributed by atoms with van der Waals surface area (Å²) in [7, 11) is 7.09. The molecule has 224 valence electrons. The van der Waals surface area contributed by atoms with Gasteiger partial charge in [-0.05, 0) is 103 Å². The van der Waals surface area contributed by atoms with Gasteiger partial charge in [0.25, 0.3) is 5.91 Å². The molecule has 5 rings (SSSR count). The number of ether oxygens (including phenoxy) is 4. The zero-order valence-corrected chi connectivity index (χ0v) is 25.4. The average Bonchev–Trinajstić information content (AvgIpc) is 3.06. The van der Waals surface area contributed by atoms with E-state index in [9.17, 15) is 4.79 Å². The lowest BCUT2D eigenvalue weighted by molar-refractivity contribution is 0.0954. The van der Waals surface area contributed by atoms with Crippen molar-refractivity contribution < 1.29 is 23.7 Å². The normalized spacial score (nSPS) is 13.8. The van der Waals surface area contributed by atoms with Crippen molar-refractivity contribution in [1.82, 2.24) is 10.2 Å². The molecule has 1 fully saturated rings. The highest BCUT2D eigenvalue weighted by atomic mass is 16.5. The monoisotopic (exact) mass is 580 g/mol. The first kappa shape index (κ1) is 30.0. The van der Waals surface area contributed by atoms with Crippen molar-refractivity contribution in [2.75, 3.05) is 48.0 Å². The SMILES string of the molecule is COc1cccc(-c2cc(OC3CCN(C)CC3)ccc2CCNC(=O)c2ccc(OC)c(-c3cccc(OC)c3)c2)c1. The summed E-state index contributed by atoms with van der Waals surface area (Å²) in [6, 6.07) is 27.5. The number of nitrogens with one attached hydrogen (secondary N) is 1. The van der Waals surface area contributed by atoms with Crippen LogP contribution in [-0.4, -0.2) is 64.9 Å². The molecule has 1 N–H and O–H groups in total. The van der Waals surface area contributed by atoms with Crippen LogP contribution in [0.5, 0.6) is 23.0 Å². The molecular weight excluding hydrogens is 540 g/mol. The summed E-state index contributed by atoms with van der Waals surface area (Å²) in [4.78, 5) is 15.6. The van der Waals surface area contributed by atoms with Gasteiger partial charge in [-0.15, -0.1) is 0 Å². The molecule has 0 saturated carbocycles. The van der Waals surface area contributed by atoms with Gasteiger partial charge in [-0.2, -0.15) is 0 Å². The van der Waals surface area contributed by atoms with Crippen molar-refractivity contribution in [1.29, 1.82) is 0 Å². The van der Waals surface area contributed by atoms with E-state index in [1.807, 2.05) is 60.7 Å². The number of amides is 1. The molecule has 7 heteroatoms. The smallest absolute Gasteiger partial charge is 0.251 e. The molecule has 0 atom stereocenters. The third kappa shape index (κ3) is 7.48. The summed E-state index contributed by atoms with van der Waals surface area (Å²) in [5.41, 5.74) is 5.55. The van der Waals surface area contributed by atoms with Crippen LogP contribution in [0.4, 0.5) is 0 Å². The molecule has 0 unspecified atom stereocenters. The molecule has 0 aliphatic carbocycles. The summed E-state index contributed by atoms with van der Waals surface area (Å²) in [6.45, 7) is 2.56. The number of carbonyl (C=O) groups excluding carboxylic acids is 1. The van der Waals surface area contributed by atoms with E-state index in [0.29, 0.717) is 24.3 Å². The fraction of sp³-hybridized carbons (Fsp3) is 0.306. The third-order valence-corrected chi connectivity index (χ3v) is 7.95. The van der Waals surface area contributed by atoms with Crippen LogP contribution in [0, 0.1) is 0 Å². The van der Waals surface area contributed by atoms with Crippen LogP contribution in [-0.2, 0) is 6.42 Å². The number of hydrogen-bond acceptors (Lipinski definition) is 6. The van der Waals surface area contributed by atoms with Gasteiger partial charge in [0.2, 0.25) is 0 Å². The van der Waals surface area contributed by atoms with Crippen molar-refractivity contribution in [2.24, 2.45) is 0 Å². The Morgan fingerprint density at radius 2 is 1.44 bits per heavy atom. The maximum absolute atomic E-state index is 13.3. The van der Waals surface area contributed by atoms with Crippen molar-refractivity contribution in [2.45, 2.75) is 25.4 Å². The van der Waals surface area contributed by atoms with Crippen molar-refractivity contribution >= 4 is 5.91 Å². The number of likely N-dealkylation sites (tertiary alicyclic amines) is 1. The minimum absolute atomic E-state index is 0.142. The molecule has 43 heavy (non-hydrogen) atoms. The minimum Gasteiger partial charge on any atom is -0.497 e. The van der Waals surface area contributed by atoms with Crippen LogP contribution < -0.4 is 24.3 Å². The van der Waals surface area contributed by atoms with E-state index in [4.69, 9.17) is 18.9 Å². The number of nitrogens with zero attached hydrogens (tertiary/aromatic N) is 1. The van der Waals surface area contributed by atoms with E-state index in [-0.39, 0.29) is 12.0 Å². The van der Waals surface area contributed by atoms with E-state index in [1.54, 1.807) is 27.4 Å². The van der Waals surface area contributed by atoms with Gasteiger partial charge in [0.1, 0.15) is 29.1 Å². The van der Waals surface area contributed by atoms with Crippen LogP contribution in [0.3, 0.4) is 0 Å². The van der Waals surface area contributed by atoms with E-state index in [0.717, 1.165) is 71.0 Å². The highest BCUT2D eigenvalue weighted by Crippen LogP contribution is 2.34. The molecule has 1 heterocycles. The Kier molecular flexibility index (Phi) is 9.84. The second kappa shape index (κ2) is 14.1. The Morgan fingerprint density at radius 3 is 2.09 bits per heavy atom. The number of benzene rings is 4. The quantitative estimate of drug-likeness (QED) is 0.219. The van der Waals surface area contributed by atoms with Crippen LogP contribution in [0.2, 0.25) is 0 Å². The number of piperidine rings is 1. The highest BCUT2D eigenvalue weighted by Gasteiger charge is 2.19. The Balaban J connectivity index is 1.32. The van der Waals surface area contributed by atoms with Crippen molar-refractivity contribution in [3.8, 4) is 45.3 Å². The molecule has 1 aliphatic rings. The number of methoxy groups -OCH3 is 3. The Labute approximate surface area is 254 Å². The number of rotatable bonds is 11. The van der Waals surface area contributed by atoms with Gasteiger partial charge in [0.15, 0.2) is 0 Å². The molecule has 0 spiro atoms. The summed E-state index contributed by atoms with van der Waals surface area (Å²) in [5.74, 6) is 2.95. The van der Waals surface area contributed by atoms with Gasteiger partial charge in [-0.25, -0.2) is 0 Å². The molecule has 0 bridgehead atoms.